The molecule has 0 heterocycles. The van der Waals surface area contributed by atoms with E-state index in [-0.39, 0.29) is 23.3 Å². The van der Waals surface area contributed by atoms with Crippen LogP contribution in [-0.2, 0) is 4.79 Å². The van der Waals surface area contributed by atoms with Crippen molar-refractivity contribution in [2.24, 2.45) is 28.4 Å². The third-order valence-electron chi connectivity index (χ3n) is 6.32. The summed E-state index contributed by atoms with van der Waals surface area (Å²) in [5, 5.41) is 3.25. The number of hydrogen-bond donors (Lipinski definition) is 2. The van der Waals surface area contributed by atoms with Crippen molar-refractivity contribution in [3.8, 4) is 0 Å². The molecule has 116 valence electrons. The molecule has 2 aliphatic carbocycles. The Hall–Kier alpha value is -0.570. The first-order valence-corrected chi connectivity index (χ1v) is 8.29. The molecule has 0 saturated heterocycles. The van der Waals surface area contributed by atoms with Crippen molar-refractivity contribution in [3.05, 3.63) is 0 Å². The first-order chi connectivity index (χ1) is 9.26. The van der Waals surface area contributed by atoms with Gasteiger partial charge in [0.05, 0.1) is 0 Å². The molecule has 20 heavy (non-hydrogen) atoms. The fourth-order valence-corrected chi connectivity index (χ4v) is 4.15. The normalized spacial score (nSPS) is 35.8. The Labute approximate surface area is 124 Å². The Bertz CT molecular complexity index is 358. The molecule has 3 N–H and O–H groups in total. The fraction of sp³-hybridized carbons (Fsp3) is 0.941. The number of rotatable bonds is 3. The summed E-state index contributed by atoms with van der Waals surface area (Å²) in [5.41, 5.74) is 6.51. The quantitative estimate of drug-likeness (QED) is 0.834. The summed E-state index contributed by atoms with van der Waals surface area (Å²) >= 11 is 0. The first-order valence-electron chi connectivity index (χ1n) is 8.29. The van der Waals surface area contributed by atoms with Crippen LogP contribution in [0, 0.1) is 22.7 Å². The highest BCUT2D eigenvalue weighted by molar-refractivity contribution is 5.79. The van der Waals surface area contributed by atoms with Gasteiger partial charge in [0.1, 0.15) is 0 Å². The molecule has 1 amide bonds. The number of carbonyl (C=O) groups excluding carboxylic acids is 1. The summed E-state index contributed by atoms with van der Waals surface area (Å²) in [5.74, 6) is 0.762. The predicted octanol–water partition coefficient (Wildman–Crippen LogP) is 3.08. The van der Waals surface area contributed by atoms with Crippen LogP contribution in [0.2, 0.25) is 0 Å². The maximum absolute atomic E-state index is 12.6. The van der Waals surface area contributed by atoms with Crippen LogP contribution in [0.25, 0.3) is 0 Å². The lowest BCUT2D eigenvalue weighted by atomic mass is 9.61. The minimum Gasteiger partial charge on any atom is -0.355 e. The van der Waals surface area contributed by atoms with Crippen LogP contribution in [0.1, 0.15) is 66.2 Å². The highest BCUT2D eigenvalue weighted by Crippen LogP contribution is 2.44. The molecule has 0 bridgehead atoms. The monoisotopic (exact) mass is 280 g/mol. The lowest BCUT2D eigenvalue weighted by Crippen LogP contribution is -2.52. The van der Waals surface area contributed by atoms with E-state index in [2.05, 4.69) is 33.0 Å². The van der Waals surface area contributed by atoms with Gasteiger partial charge >= 0.3 is 0 Å². The number of hydrogen-bond acceptors (Lipinski definition) is 2. The zero-order valence-electron chi connectivity index (χ0n) is 13.7. The molecule has 3 atom stereocenters. The van der Waals surface area contributed by atoms with E-state index in [0.29, 0.717) is 11.3 Å². The Kier molecular flexibility index (Phi) is 4.48. The van der Waals surface area contributed by atoms with Crippen LogP contribution >= 0.6 is 0 Å². The van der Waals surface area contributed by atoms with Gasteiger partial charge in [-0.3, -0.25) is 4.79 Å². The molecule has 2 fully saturated rings. The van der Waals surface area contributed by atoms with E-state index in [0.717, 1.165) is 19.4 Å². The second-order valence-electron chi connectivity index (χ2n) is 8.14. The zero-order valence-corrected chi connectivity index (χ0v) is 13.7. The fourth-order valence-electron chi connectivity index (χ4n) is 4.15. The number of nitrogens with two attached hydrogens (primary N) is 1. The Balaban J connectivity index is 1.95. The Morgan fingerprint density at radius 1 is 1.20 bits per heavy atom. The summed E-state index contributed by atoms with van der Waals surface area (Å²) in [6.07, 6.45) is 7.03. The Morgan fingerprint density at radius 3 is 2.40 bits per heavy atom. The van der Waals surface area contributed by atoms with E-state index < -0.39 is 0 Å². The largest absolute Gasteiger partial charge is 0.355 e. The van der Waals surface area contributed by atoms with Gasteiger partial charge in [-0.1, -0.05) is 40.5 Å². The van der Waals surface area contributed by atoms with Gasteiger partial charge in [0.25, 0.3) is 0 Å². The van der Waals surface area contributed by atoms with Crippen molar-refractivity contribution in [1.29, 1.82) is 0 Å². The molecule has 0 aliphatic heterocycles. The highest BCUT2D eigenvalue weighted by atomic mass is 16.1. The first kappa shape index (κ1) is 15.8. The van der Waals surface area contributed by atoms with Crippen molar-refractivity contribution in [3.63, 3.8) is 0 Å². The van der Waals surface area contributed by atoms with Crippen molar-refractivity contribution in [1.82, 2.24) is 5.32 Å². The van der Waals surface area contributed by atoms with Crippen LogP contribution < -0.4 is 11.1 Å². The van der Waals surface area contributed by atoms with Crippen LogP contribution in [0.15, 0.2) is 0 Å². The van der Waals surface area contributed by atoms with E-state index in [4.69, 9.17) is 5.73 Å². The van der Waals surface area contributed by atoms with E-state index >= 15 is 0 Å². The molecule has 0 aromatic rings. The van der Waals surface area contributed by atoms with Crippen molar-refractivity contribution < 1.29 is 4.79 Å². The molecule has 3 nitrogen and oxygen atoms in total. The topological polar surface area (TPSA) is 55.1 Å². The molecule has 2 rings (SSSR count). The van der Waals surface area contributed by atoms with E-state index in [1.165, 1.54) is 25.7 Å². The van der Waals surface area contributed by atoms with Gasteiger partial charge in [-0.05, 0) is 42.4 Å². The third kappa shape index (κ3) is 3.03. The third-order valence-corrected chi connectivity index (χ3v) is 6.32. The minimum absolute atomic E-state index is 0.00166. The SMILES string of the molecule is CC1C(N)CCC(C(=O)NCC2(C)CCCC2)C1(C)C. The number of carbonyl (C=O) groups is 1. The maximum atomic E-state index is 12.6. The van der Waals surface area contributed by atoms with Gasteiger partial charge in [0, 0.05) is 18.5 Å². The molecule has 3 heteroatoms. The zero-order chi connectivity index (χ0) is 15.0. The van der Waals surface area contributed by atoms with Crippen molar-refractivity contribution in [2.45, 2.75) is 72.3 Å². The molecule has 0 spiro atoms. The van der Waals surface area contributed by atoms with Gasteiger partial charge in [-0.2, -0.15) is 0 Å². The second kappa shape index (κ2) is 5.67. The average molecular weight is 280 g/mol. The maximum Gasteiger partial charge on any atom is 0.223 e. The van der Waals surface area contributed by atoms with E-state index in [9.17, 15) is 4.79 Å². The van der Waals surface area contributed by atoms with Gasteiger partial charge in [0.15, 0.2) is 0 Å². The molecular formula is C17H32N2O. The van der Waals surface area contributed by atoms with Crippen molar-refractivity contribution >= 4 is 5.91 Å². The molecule has 2 saturated carbocycles. The van der Waals surface area contributed by atoms with E-state index in [1.54, 1.807) is 0 Å². The number of nitrogens with one attached hydrogen (secondary N) is 1. The second-order valence-corrected chi connectivity index (χ2v) is 8.14. The molecular weight excluding hydrogens is 248 g/mol. The Morgan fingerprint density at radius 2 is 1.80 bits per heavy atom. The lowest BCUT2D eigenvalue weighted by molar-refractivity contribution is -0.133. The molecule has 2 aliphatic rings. The predicted molar refractivity (Wildman–Crippen MR) is 83.2 cm³/mol. The van der Waals surface area contributed by atoms with Crippen LogP contribution in [-0.4, -0.2) is 18.5 Å². The smallest absolute Gasteiger partial charge is 0.223 e. The minimum atomic E-state index is -0.00166. The molecule has 3 unspecified atom stereocenters. The summed E-state index contributed by atoms with van der Waals surface area (Å²) in [6, 6.07) is 0.237. The van der Waals surface area contributed by atoms with E-state index in [1.807, 2.05) is 0 Å². The summed E-state index contributed by atoms with van der Waals surface area (Å²) in [7, 11) is 0. The number of amides is 1. The van der Waals surface area contributed by atoms with Gasteiger partial charge in [-0.25, -0.2) is 0 Å². The van der Waals surface area contributed by atoms with Crippen LogP contribution in [0.5, 0.6) is 0 Å². The van der Waals surface area contributed by atoms with Gasteiger partial charge < -0.3 is 11.1 Å². The summed E-state index contributed by atoms with van der Waals surface area (Å²) in [6.45, 7) is 9.77. The average Bonchev–Trinajstić information content (AvgIpc) is 2.81. The summed E-state index contributed by atoms with van der Waals surface area (Å²) < 4.78 is 0. The van der Waals surface area contributed by atoms with Gasteiger partial charge in [0.2, 0.25) is 5.91 Å². The van der Waals surface area contributed by atoms with Crippen LogP contribution in [0.4, 0.5) is 0 Å². The lowest BCUT2D eigenvalue weighted by Gasteiger charge is -2.46. The van der Waals surface area contributed by atoms with Crippen molar-refractivity contribution in [2.75, 3.05) is 6.54 Å². The molecule has 0 radical (unpaired) electrons. The molecule has 0 aromatic heterocycles. The summed E-state index contributed by atoms with van der Waals surface area (Å²) in [4.78, 5) is 12.6. The highest BCUT2D eigenvalue weighted by Gasteiger charge is 2.45. The standard InChI is InChI=1S/C17H32N2O/c1-12-14(18)8-7-13(16(12,2)3)15(20)19-11-17(4)9-5-6-10-17/h12-14H,5-11,18H2,1-4H3,(H,19,20). The van der Waals surface area contributed by atoms with Gasteiger partial charge in [-0.15, -0.1) is 0 Å². The van der Waals surface area contributed by atoms with Crippen LogP contribution in [0.3, 0.4) is 0 Å². The molecule has 0 aromatic carbocycles.